The Bertz CT molecular complexity index is 413. The molecule has 6 heteroatoms. The van der Waals surface area contributed by atoms with E-state index in [9.17, 15) is 4.79 Å². The Morgan fingerprint density at radius 1 is 1.48 bits per heavy atom. The van der Waals surface area contributed by atoms with Crippen LogP contribution in [0.5, 0.6) is 0 Å². The molecule has 1 atom stereocenters. The van der Waals surface area contributed by atoms with Gasteiger partial charge in [-0.3, -0.25) is 9.48 Å². The van der Waals surface area contributed by atoms with Gasteiger partial charge < -0.3 is 15.0 Å². The van der Waals surface area contributed by atoms with Crippen molar-refractivity contribution in [2.75, 3.05) is 39.9 Å². The number of nitrogens with one attached hydrogen (secondary N) is 1. The second-order valence-corrected chi connectivity index (χ2v) is 5.69. The van der Waals surface area contributed by atoms with Gasteiger partial charge in [0.15, 0.2) is 0 Å². The van der Waals surface area contributed by atoms with E-state index in [0.29, 0.717) is 5.92 Å². The molecule has 2 rings (SSSR count). The normalized spacial score (nSPS) is 18.6. The van der Waals surface area contributed by atoms with E-state index in [4.69, 9.17) is 4.74 Å². The molecule has 1 amide bonds. The predicted molar refractivity (Wildman–Crippen MR) is 81.0 cm³/mol. The maximum absolute atomic E-state index is 12.1. The number of nitrogens with zero attached hydrogens (tertiary/aromatic N) is 3. The summed E-state index contributed by atoms with van der Waals surface area (Å²) in [4.78, 5) is 14.5. The molecule has 1 saturated heterocycles. The summed E-state index contributed by atoms with van der Waals surface area (Å²) in [6.07, 6.45) is 5.79. The van der Waals surface area contributed by atoms with Crippen LogP contribution in [0.25, 0.3) is 0 Å². The van der Waals surface area contributed by atoms with Crippen LogP contribution in [0.4, 0.5) is 0 Å². The Hall–Kier alpha value is -1.40. The van der Waals surface area contributed by atoms with E-state index >= 15 is 0 Å². The van der Waals surface area contributed by atoms with Crippen LogP contribution in [0.1, 0.15) is 25.8 Å². The lowest BCUT2D eigenvalue weighted by atomic mass is 9.97. The maximum Gasteiger partial charge on any atom is 0.244 e. The zero-order valence-electron chi connectivity index (χ0n) is 13.0. The zero-order chi connectivity index (χ0) is 15.1. The van der Waals surface area contributed by atoms with Crippen LogP contribution in [0.15, 0.2) is 18.5 Å². The van der Waals surface area contributed by atoms with Crippen LogP contribution in [0, 0.1) is 5.92 Å². The molecule has 1 N–H and O–H groups in total. The van der Waals surface area contributed by atoms with Gasteiger partial charge in [0.2, 0.25) is 5.91 Å². The predicted octanol–water partition coefficient (Wildman–Crippen LogP) is 0.919. The van der Waals surface area contributed by atoms with Crippen LogP contribution >= 0.6 is 0 Å². The quantitative estimate of drug-likeness (QED) is 0.812. The third-order valence-corrected chi connectivity index (χ3v) is 4.18. The number of aromatic nitrogens is 2. The smallest absolute Gasteiger partial charge is 0.244 e. The monoisotopic (exact) mass is 294 g/mol. The summed E-state index contributed by atoms with van der Waals surface area (Å²) in [5, 5.41) is 7.16. The van der Waals surface area contributed by atoms with Crippen LogP contribution < -0.4 is 5.32 Å². The van der Waals surface area contributed by atoms with Gasteiger partial charge in [-0.15, -0.1) is 0 Å². The minimum Gasteiger partial charge on any atom is -0.383 e. The van der Waals surface area contributed by atoms with Gasteiger partial charge >= 0.3 is 0 Å². The third kappa shape index (κ3) is 4.82. The molecule has 0 radical (unpaired) electrons. The molecule has 1 unspecified atom stereocenters. The average molecular weight is 294 g/mol. The lowest BCUT2D eigenvalue weighted by Crippen LogP contribution is -2.41. The van der Waals surface area contributed by atoms with Gasteiger partial charge in [0.25, 0.3) is 0 Å². The molecule has 0 aromatic carbocycles. The van der Waals surface area contributed by atoms with Crippen molar-refractivity contribution in [2.45, 2.75) is 25.8 Å². The number of hydrogen-bond donors (Lipinski definition) is 1. The van der Waals surface area contributed by atoms with Crippen molar-refractivity contribution < 1.29 is 9.53 Å². The fraction of sp³-hybridized carbons (Fsp3) is 0.733. The molecule has 0 aliphatic carbocycles. The highest BCUT2D eigenvalue weighted by atomic mass is 16.5. The molecule has 0 bridgehead atoms. The Labute approximate surface area is 126 Å². The van der Waals surface area contributed by atoms with E-state index < -0.39 is 0 Å². The van der Waals surface area contributed by atoms with Gasteiger partial charge in [-0.05, 0) is 44.8 Å². The fourth-order valence-corrected chi connectivity index (χ4v) is 2.66. The molecule has 1 aromatic rings. The zero-order valence-corrected chi connectivity index (χ0v) is 13.0. The molecule has 1 aliphatic heterocycles. The molecular weight excluding hydrogens is 268 g/mol. The lowest BCUT2D eigenvalue weighted by Gasteiger charge is -2.31. The second-order valence-electron chi connectivity index (χ2n) is 5.69. The van der Waals surface area contributed by atoms with Crippen LogP contribution in [-0.4, -0.2) is 60.5 Å². The average Bonchev–Trinajstić information content (AvgIpc) is 3.05. The molecule has 6 nitrogen and oxygen atoms in total. The largest absolute Gasteiger partial charge is 0.383 e. The molecule has 1 aromatic heterocycles. The molecule has 1 aliphatic rings. The van der Waals surface area contributed by atoms with E-state index in [0.717, 1.165) is 45.6 Å². The summed E-state index contributed by atoms with van der Waals surface area (Å²) in [6, 6.07) is 1.58. The van der Waals surface area contributed by atoms with E-state index in [1.807, 2.05) is 19.2 Å². The first kappa shape index (κ1) is 16.0. The van der Waals surface area contributed by atoms with Gasteiger partial charge in [-0.1, -0.05) is 0 Å². The van der Waals surface area contributed by atoms with Crippen LogP contribution in [-0.2, 0) is 9.53 Å². The SMILES string of the molecule is COCCN1CCC(CNC(=O)C(C)n2cccn2)CC1. The van der Waals surface area contributed by atoms with Crippen molar-refractivity contribution in [3.05, 3.63) is 18.5 Å². The van der Waals surface area contributed by atoms with Crippen molar-refractivity contribution >= 4 is 5.91 Å². The number of likely N-dealkylation sites (tertiary alicyclic amines) is 1. The van der Waals surface area contributed by atoms with Gasteiger partial charge in [-0.2, -0.15) is 5.10 Å². The summed E-state index contributed by atoms with van der Waals surface area (Å²) >= 11 is 0. The molecule has 1 fully saturated rings. The number of methoxy groups -OCH3 is 1. The van der Waals surface area contributed by atoms with E-state index in [1.54, 1.807) is 18.0 Å². The number of ether oxygens (including phenoxy) is 1. The van der Waals surface area contributed by atoms with E-state index in [1.165, 1.54) is 0 Å². The van der Waals surface area contributed by atoms with Crippen molar-refractivity contribution in [2.24, 2.45) is 5.92 Å². The first-order valence-corrected chi connectivity index (χ1v) is 7.69. The summed E-state index contributed by atoms with van der Waals surface area (Å²) in [5.41, 5.74) is 0. The molecule has 2 heterocycles. The van der Waals surface area contributed by atoms with Gasteiger partial charge in [0.1, 0.15) is 6.04 Å². The topological polar surface area (TPSA) is 59.4 Å². The number of hydrogen-bond acceptors (Lipinski definition) is 4. The summed E-state index contributed by atoms with van der Waals surface area (Å²) in [6.45, 7) is 6.63. The van der Waals surface area contributed by atoms with E-state index in [-0.39, 0.29) is 11.9 Å². The molecule has 0 saturated carbocycles. The first-order chi connectivity index (χ1) is 10.2. The van der Waals surface area contributed by atoms with E-state index in [2.05, 4.69) is 15.3 Å². The van der Waals surface area contributed by atoms with Crippen molar-refractivity contribution in [1.29, 1.82) is 0 Å². The second kappa shape index (κ2) is 8.14. The highest BCUT2D eigenvalue weighted by molar-refractivity contribution is 5.79. The Kier molecular flexibility index (Phi) is 6.20. The number of amides is 1. The van der Waals surface area contributed by atoms with Crippen molar-refractivity contribution in [3.63, 3.8) is 0 Å². The number of piperidine rings is 1. The first-order valence-electron chi connectivity index (χ1n) is 7.69. The highest BCUT2D eigenvalue weighted by Crippen LogP contribution is 2.16. The van der Waals surface area contributed by atoms with Gasteiger partial charge in [0, 0.05) is 32.6 Å². The number of rotatable bonds is 7. The maximum atomic E-state index is 12.1. The molecular formula is C15H26N4O2. The van der Waals surface area contributed by atoms with Gasteiger partial charge in [0.05, 0.1) is 6.61 Å². The minimum absolute atomic E-state index is 0.0421. The van der Waals surface area contributed by atoms with Crippen molar-refractivity contribution in [1.82, 2.24) is 20.0 Å². The van der Waals surface area contributed by atoms with Crippen molar-refractivity contribution in [3.8, 4) is 0 Å². The standard InChI is InChI=1S/C15H26N4O2/c1-13(19-7-3-6-17-19)15(20)16-12-14-4-8-18(9-5-14)10-11-21-2/h3,6-7,13-14H,4-5,8-12H2,1-2H3,(H,16,20). The van der Waals surface area contributed by atoms with Crippen LogP contribution in [0.2, 0.25) is 0 Å². The summed E-state index contributed by atoms with van der Waals surface area (Å²) in [7, 11) is 1.74. The summed E-state index contributed by atoms with van der Waals surface area (Å²) in [5.74, 6) is 0.623. The molecule has 0 spiro atoms. The Morgan fingerprint density at radius 2 is 2.24 bits per heavy atom. The number of carbonyl (C=O) groups is 1. The highest BCUT2D eigenvalue weighted by Gasteiger charge is 2.21. The fourth-order valence-electron chi connectivity index (χ4n) is 2.66. The molecule has 118 valence electrons. The Morgan fingerprint density at radius 3 is 2.86 bits per heavy atom. The number of carbonyl (C=O) groups excluding carboxylic acids is 1. The third-order valence-electron chi connectivity index (χ3n) is 4.18. The van der Waals surface area contributed by atoms with Gasteiger partial charge in [-0.25, -0.2) is 0 Å². The molecule has 21 heavy (non-hydrogen) atoms. The Balaban J connectivity index is 1.66. The lowest BCUT2D eigenvalue weighted by molar-refractivity contribution is -0.124. The van der Waals surface area contributed by atoms with Crippen LogP contribution in [0.3, 0.4) is 0 Å². The summed E-state index contributed by atoms with van der Waals surface area (Å²) < 4.78 is 6.79. The minimum atomic E-state index is -0.248.